The number of benzene rings is 1. The standard InChI is InChI=1S/C27H33IO5/c1-16(15-28)22-19(29)13-25(2)10-11-26(3)18(23(22)25)12-20-21(14-27(26,31-4)33-20)32-24(30)17-8-6-5-7-9-17/h5-9,16,20-22H,10-15H2,1-4H3/t16-,20-,21+,22-,25+,26-,27-/m1/s1. The van der Waals surface area contributed by atoms with Crippen molar-refractivity contribution in [1.82, 2.24) is 0 Å². The Morgan fingerprint density at radius 1 is 1.24 bits per heavy atom. The first-order valence-electron chi connectivity index (χ1n) is 12.0. The maximum atomic E-state index is 13.3. The van der Waals surface area contributed by atoms with Crippen LogP contribution in [0.1, 0.15) is 63.2 Å². The fraction of sp³-hybridized carbons (Fsp3) is 0.630. The summed E-state index contributed by atoms with van der Waals surface area (Å²) in [5.41, 5.74) is 2.80. The van der Waals surface area contributed by atoms with Gasteiger partial charge in [0.2, 0.25) is 0 Å². The Morgan fingerprint density at radius 2 is 1.97 bits per heavy atom. The topological polar surface area (TPSA) is 61.8 Å². The molecule has 0 spiro atoms. The Labute approximate surface area is 209 Å². The Kier molecular flexibility index (Phi) is 5.81. The molecule has 2 aliphatic carbocycles. The molecule has 3 fully saturated rings. The Balaban J connectivity index is 1.55. The van der Waals surface area contributed by atoms with Crippen LogP contribution in [0, 0.1) is 22.7 Å². The molecule has 2 aliphatic heterocycles. The first-order chi connectivity index (χ1) is 15.7. The molecule has 1 aromatic carbocycles. The van der Waals surface area contributed by atoms with Crippen LogP contribution in [-0.2, 0) is 19.0 Å². The van der Waals surface area contributed by atoms with Gasteiger partial charge < -0.3 is 14.2 Å². The summed E-state index contributed by atoms with van der Waals surface area (Å²) in [4.78, 5) is 26.1. The molecule has 6 heteroatoms. The van der Waals surface area contributed by atoms with Crippen LogP contribution < -0.4 is 0 Å². The lowest BCUT2D eigenvalue weighted by atomic mass is 9.57. The van der Waals surface area contributed by atoms with Gasteiger partial charge >= 0.3 is 5.97 Å². The predicted octanol–water partition coefficient (Wildman–Crippen LogP) is 5.51. The summed E-state index contributed by atoms with van der Waals surface area (Å²) in [7, 11) is 1.70. The normalized spacial score (nSPS) is 40.4. The number of Topliss-reactive ketones (excluding diaryl/α,β-unsaturated/α-hetero) is 1. The van der Waals surface area contributed by atoms with Gasteiger partial charge in [-0.05, 0) is 42.7 Å². The average molecular weight is 564 g/mol. The molecule has 0 aromatic heterocycles. The van der Waals surface area contributed by atoms with Crippen LogP contribution in [0.5, 0.6) is 0 Å². The number of carbonyl (C=O) groups is 2. The fourth-order valence-corrected chi connectivity index (χ4v) is 7.58. The summed E-state index contributed by atoms with van der Waals surface area (Å²) in [6.45, 7) is 6.71. The van der Waals surface area contributed by atoms with Crippen LogP contribution in [0.25, 0.3) is 0 Å². The molecule has 1 saturated carbocycles. The van der Waals surface area contributed by atoms with Gasteiger partial charge in [0.05, 0.1) is 5.56 Å². The number of hydrogen-bond donors (Lipinski definition) is 0. The van der Waals surface area contributed by atoms with E-state index >= 15 is 0 Å². The highest BCUT2D eigenvalue weighted by atomic mass is 127. The molecular formula is C27H33IO5. The number of alkyl halides is 1. The molecule has 4 aliphatic rings. The fourth-order valence-electron chi connectivity index (χ4n) is 7.07. The minimum atomic E-state index is -0.842. The van der Waals surface area contributed by atoms with Crippen molar-refractivity contribution in [2.45, 2.75) is 70.9 Å². The molecule has 33 heavy (non-hydrogen) atoms. The highest BCUT2D eigenvalue weighted by molar-refractivity contribution is 14.1. The molecule has 0 radical (unpaired) electrons. The molecule has 2 bridgehead atoms. The summed E-state index contributed by atoms with van der Waals surface area (Å²) in [5.74, 6) is -0.518. The van der Waals surface area contributed by atoms with Crippen molar-refractivity contribution in [2.75, 3.05) is 11.5 Å². The zero-order valence-corrected chi connectivity index (χ0v) is 22.0. The van der Waals surface area contributed by atoms with Crippen molar-refractivity contribution in [3.63, 3.8) is 0 Å². The van der Waals surface area contributed by atoms with E-state index in [0.29, 0.717) is 36.5 Å². The van der Waals surface area contributed by atoms with Gasteiger partial charge in [-0.2, -0.15) is 0 Å². The highest BCUT2D eigenvalue weighted by Crippen LogP contribution is 2.67. The van der Waals surface area contributed by atoms with Crippen molar-refractivity contribution >= 4 is 34.3 Å². The molecule has 7 atom stereocenters. The Bertz CT molecular complexity index is 1010. The van der Waals surface area contributed by atoms with Gasteiger partial charge in [0.25, 0.3) is 0 Å². The number of carbonyl (C=O) groups excluding carboxylic acids is 2. The van der Waals surface area contributed by atoms with Gasteiger partial charge in [0.15, 0.2) is 5.79 Å². The first-order valence-corrected chi connectivity index (χ1v) is 13.5. The summed E-state index contributed by atoms with van der Waals surface area (Å²) in [6, 6.07) is 9.10. The maximum absolute atomic E-state index is 13.3. The molecule has 5 nitrogen and oxygen atoms in total. The molecule has 5 rings (SSSR count). The first kappa shape index (κ1) is 23.5. The summed E-state index contributed by atoms with van der Waals surface area (Å²) in [6.07, 6.45) is 3.05. The molecule has 0 unspecified atom stereocenters. The quantitative estimate of drug-likeness (QED) is 0.204. The van der Waals surface area contributed by atoms with E-state index < -0.39 is 5.79 Å². The van der Waals surface area contributed by atoms with Gasteiger partial charge in [-0.3, -0.25) is 4.79 Å². The molecule has 2 saturated heterocycles. The second-order valence-corrected chi connectivity index (χ2v) is 11.7. The van der Waals surface area contributed by atoms with Crippen LogP contribution >= 0.6 is 22.6 Å². The van der Waals surface area contributed by atoms with E-state index in [1.807, 2.05) is 18.2 Å². The lowest BCUT2D eigenvalue weighted by molar-refractivity contribution is -0.283. The third-order valence-corrected chi connectivity index (χ3v) is 10.3. The van der Waals surface area contributed by atoms with E-state index in [1.165, 1.54) is 11.1 Å². The minimum absolute atomic E-state index is 0.0294. The van der Waals surface area contributed by atoms with Gasteiger partial charge in [0.1, 0.15) is 18.0 Å². The van der Waals surface area contributed by atoms with Crippen molar-refractivity contribution in [2.24, 2.45) is 22.7 Å². The second-order valence-electron chi connectivity index (χ2n) is 10.9. The van der Waals surface area contributed by atoms with Crippen molar-refractivity contribution < 1.29 is 23.8 Å². The van der Waals surface area contributed by atoms with E-state index in [1.54, 1.807) is 19.2 Å². The van der Waals surface area contributed by atoms with Crippen molar-refractivity contribution in [1.29, 1.82) is 0 Å². The van der Waals surface area contributed by atoms with Crippen LogP contribution in [0.2, 0.25) is 0 Å². The number of ketones is 1. The number of rotatable bonds is 5. The molecule has 2 heterocycles. The largest absolute Gasteiger partial charge is 0.456 e. The van der Waals surface area contributed by atoms with Gasteiger partial charge in [-0.1, -0.05) is 72.7 Å². The SMILES string of the molecule is CO[C@@]12C[C@H](OC(=O)c3ccccc3)[C@@H](CC3=C4[C@H]([C@H](C)CI)C(=O)C[C@]4(C)CC[C@]31C)O2. The molecule has 178 valence electrons. The average Bonchev–Trinajstić information content (AvgIpc) is 3.27. The number of esters is 1. The van der Waals surface area contributed by atoms with Crippen LogP contribution in [-0.4, -0.2) is 41.3 Å². The monoisotopic (exact) mass is 564 g/mol. The van der Waals surface area contributed by atoms with Crippen molar-refractivity contribution in [3.8, 4) is 0 Å². The molecule has 0 amide bonds. The Hall–Kier alpha value is -1.25. The number of allylic oxidation sites excluding steroid dienone is 1. The molecular weight excluding hydrogens is 531 g/mol. The zero-order valence-electron chi connectivity index (χ0n) is 19.9. The summed E-state index contributed by atoms with van der Waals surface area (Å²) < 4.78 is 19.7. The van der Waals surface area contributed by atoms with E-state index in [2.05, 4.69) is 43.4 Å². The van der Waals surface area contributed by atoms with Crippen LogP contribution in [0.15, 0.2) is 41.5 Å². The number of fused-ring (bicyclic) bond motifs is 5. The number of hydrogen-bond acceptors (Lipinski definition) is 5. The predicted molar refractivity (Wildman–Crippen MR) is 133 cm³/mol. The van der Waals surface area contributed by atoms with Crippen LogP contribution in [0.3, 0.4) is 0 Å². The lowest BCUT2D eigenvalue weighted by Gasteiger charge is -2.55. The third-order valence-electron chi connectivity index (χ3n) is 8.92. The second kappa shape index (κ2) is 8.16. The van der Waals surface area contributed by atoms with E-state index in [-0.39, 0.29) is 34.9 Å². The zero-order chi connectivity index (χ0) is 23.6. The third kappa shape index (κ3) is 3.38. The van der Waals surface area contributed by atoms with Gasteiger partial charge in [0, 0.05) is 35.7 Å². The summed E-state index contributed by atoms with van der Waals surface area (Å²) in [5, 5.41) is 0. The highest BCUT2D eigenvalue weighted by Gasteiger charge is 2.68. The van der Waals surface area contributed by atoms with Crippen LogP contribution in [0.4, 0.5) is 0 Å². The minimum Gasteiger partial charge on any atom is -0.456 e. The molecule has 1 aromatic rings. The van der Waals surface area contributed by atoms with Gasteiger partial charge in [-0.25, -0.2) is 4.79 Å². The van der Waals surface area contributed by atoms with Crippen molar-refractivity contribution in [3.05, 3.63) is 47.0 Å². The number of halogens is 1. The van der Waals surface area contributed by atoms with E-state index in [0.717, 1.165) is 17.3 Å². The smallest absolute Gasteiger partial charge is 0.338 e. The van der Waals surface area contributed by atoms with E-state index in [4.69, 9.17) is 14.2 Å². The summed E-state index contributed by atoms with van der Waals surface area (Å²) >= 11 is 2.40. The lowest BCUT2D eigenvalue weighted by Crippen LogP contribution is -2.55. The maximum Gasteiger partial charge on any atom is 0.338 e. The van der Waals surface area contributed by atoms with Gasteiger partial charge in [-0.15, -0.1) is 0 Å². The Morgan fingerprint density at radius 3 is 2.64 bits per heavy atom. The number of ether oxygens (including phenoxy) is 3. The number of methoxy groups -OCH3 is 1. The van der Waals surface area contributed by atoms with E-state index in [9.17, 15) is 9.59 Å². The molecule has 0 N–H and O–H groups in total.